The molecule has 1 aliphatic rings. The highest BCUT2D eigenvalue weighted by atomic mass is 79.9. The zero-order valence-electron chi connectivity index (χ0n) is 17.5. The van der Waals surface area contributed by atoms with Crippen LogP contribution in [0.4, 0.5) is 0 Å². The molecular weight excluding hydrogens is 522 g/mol. The quantitative estimate of drug-likeness (QED) is 0.311. The van der Waals surface area contributed by atoms with Gasteiger partial charge in [0.15, 0.2) is 0 Å². The molecular formula is C25H19BrClN3O2S. The molecule has 0 fully saturated rings. The van der Waals surface area contributed by atoms with Gasteiger partial charge >= 0.3 is 0 Å². The number of fused-ring (bicyclic) bond motifs is 1. The monoisotopic (exact) mass is 539 g/mol. The van der Waals surface area contributed by atoms with Gasteiger partial charge in [-0.1, -0.05) is 70.0 Å². The smallest absolute Gasteiger partial charge is 0.260 e. The number of nitrogens with one attached hydrogen (secondary N) is 1. The van der Waals surface area contributed by atoms with E-state index in [9.17, 15) is 8.42 Å². The number of hydrogen-bond donors (Lipinski definition) is 1. The van der Waals surface area contributed by atoms with E-state index < -0.39 is 16.1 Å². The average Bonchev–Trinajstić information content (AvgIpc) is 3.26. The molecule has 4 aromatic rings. The van der Waals surface area contributed by atoms with Crippen molar-refractivity contribution >= 4 is 54.2 Å². The van der Waals surface area contributed by atoms with Gasteiger partial charge in [-0.15, -0.1) is 4.41 Å². The number of hydrogen-bond acceptors (Lipinski definition) is 4. The average molecular weight is 541 g/mol. The van der Waals surface area contributed by atoms with Gasteiger partial charge in [0.05, 0.1) is 22.2 Å². The third-order valence-corrected chi connectivity index (χ3v) is 8.07. The first-order valence-corrected chi connectivity index (χ1v) is 12.8. The minimum Gasteiger partial charge on any atom is -0.304 e. The Bertz CT molecular complexity index is 1490. The molecule has 0 unspecified atom stereocenters. The number of halogens is 2. The van der Waals surface area contributed by atoms with Crippen molar-refractivity contribution in [1.29, 1.82) is 0 Å². The predicted octanol–water partition coefficient (Wildman–Crippen LogP) is 6.25. The van der Waals surface area contributed by atoms with E-state index in [1.54, 1.807) is 30.3 Å². The van der Waals surface area contributed by atoms with E-state index in [-0.39, 0.29) is 10.0 Å². The Morgan fingerprint density at radius 2 is 1.73 bits per heavy atom. The van der Waals surface area contributed by atoms with Crippen LogP contribution in [0.15, 0.2) is 94.3 Å². The molecule has 8 heteroatoms. The van der Waals surface area contributed by atoms with Gasteiger partial charge in [0.1, 0.15) is 5.15 Å². The van der Waals surface area contributed by atoms with Crippen molar-refractivity contribution in [2.45, 2.75) is 17.9 Å². The van der Waals surface area contributed by atoms with Gasteiger partial charge < -0.3 is 5.43 Å². The van der Waals surface area contributed by atoms with Crippen LogP contribution in [-0.4, -0.2) is 17.8 Å². The molecule has 0 aliphatic carbocycles. The van der Waals surface area contributed by atoms with Crippen molar-refractivity contribution in [3.8, 4) is 0 Å². The standard InChI is InChI=1S/C25H19BrClN3O2S/c1-16-7-8-18-14-21(25(27)28-22(18)13-16)24-15-23(17-9-11-19(26)12-10-17)29-30(24)33(31,32)20-5-3-2-4-6-20/h2-15,24,29H,1H3/t24-/m0/s1. The number of benzene rings is 3. The highest BCUT2D eigenvalue weighted by Gasteiger charge is 2.38. The number of nitrogens with zero attached hydrogens (tertiary/aromatic N) is 2. The van der Waals surface area contributed by atoms with E-state index >= 15 is 0 Å². The maximum Gasteiger partial charge on any atom is 0.260 e. The van der Waals surface area contributed by atoms with E-state index in [1.807, 2.05) is 61.5 Å². The summed E-state index contributed by atoms with van der Waals surface area (Å²) in [4.78, 5) is 4.75. The lowest BCUT2D eigenvalue weighted by molar-refractivity contribution is 0.348. The van der Waals surface area contributed by atoms with Crippen LogP contribution in [-0.2, 0) is 10.0 Å². The third kappa shape index (κ3) is 4.17. The minimum absolute atomic E-state index is 0.188. The van der Waals surface area contributed by atoms with E-state index in [0.29, 0.717) is 11.3 Å². The summed E-state index contributed by atoms with van der Waals surface area (Å²) in [5.41, 5.74) is 7.08. The normalized spacial score (nSPS) is 16.6. The first-order chi connectivity index (χ1) is 15.8. The number of hydrazine groups is 1. The van der Waals surface area contributed by atoms with E-state index in [0.717, 1.165) is 26.5 Å². The molecule has 0 bridgehead atoms. The Kier molecular flexibility index (Phi) is 5.74. The lowest BCUT2D eigenvalue weighted by atomic mass is 10.0. The van der Waals surface area contributed by atoms with Gasteiger partial charge in [-0.05, 0) is 60.5 Å². The fourth-order valence-electron chi connectivity index (χ4n) is 3.85. The second-order valence-electron chi connectivity index (χ2n) is 7.82. The molecule has 0 saturated heterocycles. The number of sulfonamides is 1. The molecule has 1 aromatic heterocycles. The van der Waals surface area contributed by atoms with Gasteiger partial charge in [-0.25, -0.2) is 13.4 Å². The maximum atomic E-state index is 13.6. The maximum absolute atomic E-state index is 13.6. The van der Waals surface area contributed by atoms with Crippen molar-refractivity contribution in [1.82, 2.24) is 14.8 Å². The van der Waals surface area contributed by atoms with Crippen LogP contribution < -0.4 is 5.43 Å². The molecule has 0 saturated carbocycles. The molecule has 0 amide bonds. The van der Waals surface area contributed by atoms with Crippen molar-refractivity contribution in [3.63, 3.8) is 0 Å². The Hall–Kier alpha value is -2.71. The SMILES string of the molecule is Cc1ccc2cc([C@@H]3C=C(c4ccc(Br)cc4)NN3S(=O)(=O)c3ccccc3)c(Cl)nc2c1. The number of rotatable bonds is 4. The summed E-state index contributed by atoms with van der Waals surface area (Å²) < 4.78 is 29.4. The summed E-state index contributed by atoms with van der Waals surface area (Å²) in [5.74, 6) is 0. The summed E-state index contributed by atoms with van der Waals surface area (Å²) in [6, 6.07) is 23.2. The highest BCUT2D eigenvalue weighted by Crippen LogP contribution is 2.39. The first kappa shape index (κ1) is 22.1. The number of aromatic nitrogens is 1. The predicted molar refractivity (Wildman–Crippen MR) is 135 cm³/mol. The van der Waals surface area contributed by atoms with E-state index in [1.165, 1.54) is 4.41 Å². The third-order valence-electron chi connectivity index (χ3n) is 5.54. The van der Waals surface area contributed by atoms with Crippen molar-refractivity contribution in [2.24, 2.45) is 0 Å². The van der Waals surface area contributed by atoms with Gasteiger partial charge in [0.25, 0.3) is 10.0 Å². The molecule has 1 atom stereocenters. The Morgan fingerprint density at radius 3 is 2.45 bits per heavy atom. The van der Waals surface area contributed by atoms with Crippen LogP contribution in [0.2, 0.25) is 5.15 Å². The summed E-state index contributed by atoms with van der Waals surface area (Å²) in [5, 5.41) is 1.16. The zero-order valence-corrected chi connectivity index (χ0v) is 20.7. The second kappa shape index (κ2) is 8.57. The number of pyridine rings is 1. The molecule has 5 nitrogen and oxygen atoms in total. The summed E-state index contributed by atoms with van der Waals surface area (Å²) in [7, 11) is -3.89. The van der Waals surface area contributed by atoms with Crippen LogP contribution in [0.1, 0.15) is 22.7 Å². The van der Waals surface area contributed by atoms with Crippen LogP contribution in [0.3, 0.4) is 0 Å². The number of aryl methyl sites for hydroxylation is 1. The molecule has 1 aliphatic heterocycles. The van der Waals surface area contributed by atoms with Crippen LogP contribution in [0, 0.1) is 6.92 Å². The fraction of sp³-hybridized carbons (Fsp3) is 0.0800. The Labute approximate surface area is 205 Å². The van der Waals surface area contributed by atoms with Crippen molar-refractivity contribution in [3.05, 3.63) is 111 Å². The highest BCUT2D eigenvalue weighted by molar-refractivity contribution is 9.10. The summed E-state index contributed by atoms with van der Waals surface area (Å²) >= 11 is 10.1. The molecule has 2 heterocycles. The van der Waals surface area contributed by atoms with Crippen molar-refractivity contribution in [2.75, 3.05) is 0 Å². The van der Waals surface area contributed by atoms with Crippen LogP contribution >= 0.6 is 27.5 Å². The van der Waals surface area contributed by atoms with E-state index in [4.69, 9.17) is 11.6 Å². The van der Waals surface area contributed by atoms with Gasteiger partial charge in [0, 0.05) is 15.4 Å². The molecule has 5 rings (SSSR count). The fourth-order valence-corrected chi connectivity index (χ4v) is 5.79. The zero-order chi connectivity index (χ0) is 23.2. The Balaban J connectivity index is 1.66. The summed E-state index contributed by atoms with van der Waals surface area (Å²) in [6.45, 7) is 1.99. The second-order valence-corrected chi connectivity index (χ2v) is 10.9. The molecule has 3 aromatic carbocycles. The van der Waals surface area contributed by atoms with Crippen LogP contribution in [0.25, 0.3) is 16.6 Å². The van der Waals surface area contributed by atoms with Gasteiger partial charge in [-0.2, -0.15) is 0 Å². The minimum atomic E-state index is -3.89. The molecule has 1 N–H and O–H groups in total. The molecule has 0 spiro atoms. The lowest BCUT2D eigenvalue weighted by Crippen LogP contribution is -2.39. The first-order valence-electron chi connectivity index (χ1n) is 10.2. The van der Waals surface area contributed by atoms with Crippen LogP contribution in [0.5, 0.6) is 0 Å². The van der Waals surface area contributed by atoms with E-state index in [2.05, 4.69) is 26.3 Å². The molecule has 166 valence electrons. The summed E-state index contributed by atoms with van der Waals surface area (Å²) in [6.07, 6.45) is 1.87. The molecule has 33 heavy (non-hydrogen) atoms. The Morgan fingerprint density at radius 1 is 1.00 bits per heavy atom. The molecule has 0 radical (unpaired) electrons. The van der Waals surface area contributed by atoms with Crippen molar-refractivity contribution < 1.29 is 8.42 Å². The largest absolute Gasteiger partial charge is 0.304 e. The van der Waals surface area contributed by atoms with Gasteiger partial charge in [0.2, 0.25) is 0 Å². The van der Waals surface area contributed by atoms with Gasteiger partial charge in [-0.3, -0.25) is 0 Å². The lowest BCUT2D eigenvalue weighted by Gasteiger charge is -2.25. The topological polar surface area (TPSA) is 62.3 Å².